The number of rotatable bonds is 6. The fourth-order valence-corrected chi connectivity index (χ4v) is 2.70. The summed E-state index contributed by atoms with van der Waals surface area (Å²) in [7, 11) is 0. The van der Waals surface area contributed by atoms with Gasteiger partial charge in [-0.3, -0.25) is 10.1 Å². The molecule has 0 spiro atoms. The van der Waals surface area contributed by atoms with Crippen LogP contribution < -0.4 is 10.6 Å². The average molecular weight is 287 g/mol. The summed E-state index contributed by atoms with van der Waals surface area (Å²) in [5.41, 5.74) is 0. The van der Waals surface area contributed by atoms with E-state index in [1.165, 1.54) is 0 Å². The third kappa shape index (κ3) is 4.61. The number of hydrogen-bond acceptors (Lipinski definition) is 6. The van der Waals surface area contributed by atoms with Crippen molar-refractivity contribution in [1.29, 1.82) is 0 Å². The maximum Gasteiger partial charge on any atom is 0.294 e. The van der Waals surface area contributed by atoms with Crippen LogP contribution in [-0.4, -0.2) is 43.5 Å². The first-order chi connectivity index (χ1) is 9.65. The van der Waals surface area contributed by atoms with Crippen LogP contribution in [0.25, 0.3) is 0 Å². The van der Waals surface area contributed by atoms with E-state index in [9.17, 15) is 14.9 Å². The Morgan fingerprint density at radius 2 is 2.05 bits per heavy atom. The predicted molar refractivity (Wildman–Crippen MR) is 69.1 cm³/mol. The Morgan fingerprint density at radius 1 is 1.35 bits per heavy atom. The molecule has 1 atom stereocenters. The van der Waals surface area contributed by atoms with Gasteiger partial charge in [0, 0.05) is 6.54 Å². The smallest absolute Gasteiger partial charge is 0.294 e. The first-order valence-corrected chi connectivity index (χ1v) is 7.01. The monoisotopic (exact) mass is 287 g/mol. The van der Waals surface area contributed by atoms with Gasteiger partial charge in [-0.1, -0.05) is 0 Å². The molecule has 2 rings (SSSR count). The molecule has 20 heavy (non-hydrogen) atoms. The van der Waals surface area contributed by atoms with Gasteiger partial charge in [0.05, 0.1) is 19.9 Å². The summed E-state index contributed by atoms with van der Waals surface area (Å²) >= 11 is 0. The first kappa shape index (κ1) is 15.0. The zero-order valence-corrected chi connectivity index (χ0v) is 11.4. The highest BCUT2D eigenvalue weighted by Crippen LogP contribution is 2.28. The van der Waals surface area contributed by atoms with Crippen molar-refractivity contribution in [2.45, 2.75) is 31.7 Å². The quantitative estimate of drug-likeness (QED) is 0.529. The van der Waals surface area contributed by atoms with E-state index >= 15 is 0 Å². The van der Waals surface area contributed by atoms with E-state index in [0.717, 1.165) is 25.7 Å². The molecule has 2 fully saturated rings. The van der Waals surface area contributed by atoms with Crippen LogP contribution in [-0.2, 0) is 14.4 Å². The van der Waals surface area contributed by atoms with Gasteiger partial charge in [-0.05, 0) is 37.5 Å². The van der Waals surface area contributed by atoms with Gasteiger partial charge in [0.2, 0.25) is 5.91 Å². The summed E-state index contributed by atoms with van der Waals surface area (Å²) in [5.74, 6) is 0.701. The van der Waals surface area contributed by atoms with Gasteiger partial charge in [-0.2, -0.15) is 0 Å². The van der Waals surface area contributed by atoms with Gasteiger partial charge in [-0.15, -0.1) is 10.1 Å². The van der Waals surface area contributed by atoms with E-state index in [0.29, 0.717) is 25.8 Å². The summed E-state index contributed by atoms with van der Waals surface area (Å²) in [6.07, 6.45) is 3.78. The number of carbonyl (C=O) groups is 1. The van der Waals surface area contributed by atoms with Gasteiger partial charge in [0.15, 0.2) is 0 Å². The number of carbonyl (C=O) groups excluding carboxylic acids is 1. The third-order valence-corrected chi connectivity index (χ3v) is 3.98. The largest absolute Gasteiger partial charge is 0.364 e. The van der Waals surface area contributed by atoms with Crippen molar-refractivity contribution < 1.29 is 19.5 Å². The second kappa shape index (κ2) is 7.39. The highest BCUT2D eigenvalue weighted by atomic mass is 16.9. The lowest BCUT2D eigenvalue weighted by molar-refractivity contribution is -0.759. The van der Waals surface area contributed by atoms with Crippen LogP contribution in [0.15, 0.2) is 0 Å². The minimum atomic E-state index is -0.733. The van der Waals surface area contributed by atoms with E-state index in [4.69, 9.17) is 4.74 Å². The number of nitrogens with zero attached hydrogens (tertiary/aromatic N) is 1. The SMILES string of the molecule is O=C(NCC1CCC(CO[N+](=O)[O-])CC1)C1COCN1. The molecular weight excluding hydrogens is 266 g/mol. The molecule has 1 saturated heterocycles. The van der Waals surface area contributed by atoms with Crippen LogP contribution >= 0.6 is 0 Å². The van der Waals surface area contributed by atoms with Gasteiger partial charge in [0.1, 0.15) is 6.04 Å². The molecule has 1 aliphatic heterocycles. The fraction of sp³-hybridized carbons (Fsp3) is 0.917. The Labute approximate surface area is 117 Å². The molecule has 0 radical (unpaired) electrons. The van der Waals surface area contributed by atoms with Crippen LogP contribution in [0.2, 0.25) is 0 Å². The molecule has 2 N–H and O–H groups in total. The molecule has 1 unspecified atom stereocenters. The Morgan fingerprint density at radius 3 is 2.65 bits per heavy atom. The summed E-state index contributed by atoms with van der Waals surface area (Å²) < 4.78 is 5.09. The molecule has 114 valence electrons. The maximum atomic E-state index is 11.8. The average Bonchev–Trinajstić information content (AvgIpc) is 2.98. The van der Waals surface area contributed by atoms with Crippen molar-refractivity contribution in [2.24, 2.45) is 11.8 Å². The maximum absolute atomic E-state index is 11.8. The van der Waals surface area contributed by atoms with Crippen molar-refractivity contribution in [3.05, 3.63) is 10.1 Å². The molecule has 0 aromatic carbocycles. The highest BCUT2D eigenvalue weighted by molar-refractivity contribution is 5.82. The number of nitrogens with one attached hydrogen (secondary N) is 2. The van der Waals surface area contributed by atoms with Crippen LogP contribution in [0.1, 0.15) is 25.7 Å². The van der Waals surface area contributed by atoms with Crippen LogP contribution in [0.3, 0.4) is 0 Å². The van der Waals surface area contributed by atoms with Crippen LogP contribution in [0.4, 0.5) is 0 Å². The normalized spacial score (nSPS) is 29.9. The highest BCUT2D eigenvalue weighted by Gasteiger charge is 2.25. The van der Waals surface area contributed by atoms with E-state index in [1.54, 1.807) is 0 Å². The van der Waals surface area contributed by atoms with Gasteiger partial charge < -0.3 is 14.9 Å². The fourth-order valence-electron chi connectivity index (χ4n) is 2.70. The molecule has 8 nitrogen and oxygen atoms in total. The Balaban J connectivity index is 1.59. The lowest BCUT2D eigenvalue weighted by Gasteiger charge is -2.28. The van der Waals surface area contributed by atoms with Gasteiger partial charge >= 0.3 is 0 Å². The molecule has 2 aliphatic rings. The summed E-state index contributed by atoms with van der Waals surface area (Å²) in [5, 5.41) is 15.3. The van der Waals surface area contributed by atoms with Crippen molar-refractivity contribution in [2.75, 3.05) is 26.5 Å². The number of hydrogen-bond donors (Lipinski definition) is 2. The van der Waals surface area contributed by atoms with E-state index in [-0.39, 0.29) is 24.5 Å². The van der Waals surface area contributed by atoms with E-state index in [2.05, 4.69) is 15.5 Å². The zero-order chi connectivity index (χ0) is 14.4. The molecule has 0 aromatic rings. The lowest BCUT2D eigenvalue weighted by atomic mass is 9.82. The second-order valence-electron chi connectivity index (χ2n) is 5.42. The van der Waals surface area contributed by atoms with Crippen molar-refractivity contribution in [3.8, 4) is 0 Å². The molecule has 0 bridgehead atoms. The number of amides is 1. The van der Waals surface area contributed by atoms with Crippen LogP contribution in [0, 0.1) is 22.0 Å². The standard InChI is InChI=1S/C12H21N3O5/c16-12(11-7-19-8-14-11)13-5-9-1-3-10(4-2-9)6-20-15(17)18/h9-11,14H,1-8H2,(H,13,16). The van der Waals surface area contributed by atoms with Gasteiger partial charge in [-0.25, -0.2) is 0 Å². The molecule has 8 heteroatoms. The molecule has 1 amide bonds. The van der Waals surface area contributed by atoms with E-state index in [1.807, 2.05) is 0 Å². The molecule has 1 aliphatic carbocycles. The first-order valence-electron chi connectivity index (χ1n) is 7.01. The van der Waals surface area contributed by atoms with E-state index < -0.39 is 5.09 Å². The summed E-state index contributed by atoms with van der Waals surface area (Å²) in [6, 6.07) is -0.236. The Hall–Kier alpha value is -1.41. The lowest BCUT2D eigenvalue weighted by Crippen LogP contribution is -2.44. The second-order valence-corrected chi connectivity index (χ2v) is 5.42. The molecule has 1 heterocycles. The molecular formula is C12H21N3O5. The minimum Gasteiger partial charge on any atom is -0.364 e. The van der Waals surface area contributed by atoms with Gasteiger partial charge in [0.25, 0.3) is 5.09 Å². The van der Waals surface area contributed by atoms with Crippen molar-refractivity contribution >= 4 is 5.91 Å². The minimum absolute atomic E-state index is 0.0127. The van der Waals surface area contributed by atoms with Crippen molar-refractivity contribution in [1.82, 2.24) is 10.6 Å². The summed E-state index contributed by atoms with van der Waals surface area (Å²) in [6.45, 7) is 1.71. The van der Waals surface area contributed by atoms with Crippen LogP contribution in [0.5, 0.6) is 0 Å². The predicted octanol–water partition coefficient (Wildman–Crippen LogP) is 0.0632. The molecule has 0 aromatic heterocycles. The summed E-state index contributed by atoms with van der Waals surface area (Å²) in [4.78, 5) is 26.3. The zero-order valence-electron chi connectivity index (χ0n) is 11.4. The van der Waals surface area contributed by atoms with Crippen molar-refractivity contribution in [3.63, 3.8) is 0 Å². The third-order valence-electron chi connectivity index (χ3n) is 3.98. The topological polar surface area (TPSA) is 103 Å². The Kier molecular flexibility index (Phi) is 5.54. The number of ether oxygens (including phenoxy) is 1. The Bertz CT molecular complexity index is 338. The molecule has 1 saturated carbocycles.